The minimum Gasteiger partial charge on any atom is -0.402 e. The number of rotatable bonds is 3. The van der Waals surface area contributed by atoms with Crippen LogP contribution in [0.25, 0.3) is 10.8 Å². The molecule has 0 unspecified atom stereocenters. The molecule has 0 atom stereocenters. The molecule has 8 nitrogen and oxygen atoms in total. The molecule has 108 valence electrons. The highest BCUT2D eigenvalue weighted by Crippen LogP contribution is 2.29. The van der Waals surface area contributed by atoms with E-state index in [4.69, 9.17) is 4.42 Å². The number of carbonyl (C=O) groups excluding carboxylic acids is 1. The highest BCUT2D eigenvalue weighted by molar-refractivity contribution is 7.15. The topological polar surface area (TPSA) is 98.7 Å². The van der Waals surface area contributed by atoms with Crippen LogP contribution in [0, 0.1) is 13.8 Å². The molecule has 0 aliphatic heterocycles. The van der Waals surface area contributed by atoms with Crippen molar-refractivity contribution in [2.45, 2.75) is 13.8 Å². The first-order valence-corrected chi connectivity index (χ1v) is 6.93. The fourth-order valence-electron chi connectivity index (χ4n) is 1.85. The van der Waals surface area contributed by atoms with Gasteiger partial charge < -0.3 is 4.42 Å². The number of aryl methyl sites for hydroxylation is 3. The lowest BCUT2D eigenvalue weighted by Gasteiger charge is -1.99. The lowest BCUT2D eigenvalue weighted by molar-refractivity contribution is 0.101. The smallest absolute Gasteiger partial charge is 0.322 e. The largest absolute Gasteiger partial charge is 0.402 e. The summed E-state index contributed by atoms with van der Waals surface area (Å²) < 4.78 is 6.92. The van der Waals surface area contributed by atoms with Gasteiger partial charge in [-0.25, -0.2) is 4.98 Å². The molecule has 0 aliphatic rings. The van der Waals surface area contributed by atoms with Crippen molar-refractivity contribution < 1.29 is 9.21 Å². The number of carbonyl (C=O) groups is 1. The Kier molecular flexibility index (Phi) is 3.26. The van der Waals surface area contributed by atoms with E-state index in [2.05, 4.69) is 25.6 Å². The van der Waals surface area contributed by atoms with Crippen molar-refractivity contribution >= 4 is 23.3 Å². The number of nitrogens with zero attached hydrogens (tertiary/aromatic N) is 5. The second-order valence-corrected chi connectivity index (χ2v) is 5.56. The summed E-state index contributed by atoms with van der Waals surface area (Å²) in [5.74, 6) is -0.0131. The normalized spacial score (nSPS) is 10.8. The van der Waals surface area contributed by atoms with Gasteiger partial charge in [-0.2, -0.15) is 5.10 Å². The molecule has 0 aliphatic carbocycles. The van der Waals surface area contributed by atoms with Crippen LogP contribution in [-0.2, 0) is 7.05 Å². The third kappa shape index (κ3) is 2.55. The molecule has 0 bridgehead atoms. The van der Waals surface area contributed by atoms with Crippen LogP contribution in [0.4, 0.5) is 6.01 Å². The van der Waals surface area contributed by atoms with Gasteiger partial charge in [-0.05, 0) is 19.9 Å². The number of aromatic nitrogens is 5. The highest BCUT2D eigenvalue weighted by Gasteiger charge is 2.17. The Bertz CT molecular complexity index is 802. The van der Waals surface area contributed by atoms with Crippen LogP contribution in [0.1, 0.15) is 21.2 Å². The summed E-state index contributed by atoms with van der Waals surface area (Å²) in [6, 6.07) is 1.64. The molecular formula is C12H12N6O2S. The Labute approximate surface area is 123 Å². The van der Waals surface area contributed by atoms with Gasteiger partial charge in [0, 0.05) is 13.2 Å². The number of nitrogens with one attached hydrogen (secondary N) is 1. The monoisotopic (exact) mass is 304 g/mol. The van der Waals surface area contributed by atoms with E-state index in [1.54, 1.807) is 13.1 Å². The first-order chi connectivity index (χ1) is 10.0. The van der Waals surface area contributed by atoms with E-state index in [0.29, 0.717) is 11.6 Å². The van der Waals surface area contributed by atoms with Crippen LogP contribution in [0.3, 0.4) is 0 Å². The summed E-state index contributed by atoms with van der Waals surface area (Å²) in [6.45, 7) is 3.78. The molecule has 0 radical (unpaired) electrons. The van der Waals surface area contributed by atoms with E-state index in [0.717, 1.165) is 15.6 Å². The van der Waals surface area contributed by atoms with Gasteiger partial charge in [0.05, 0.1) is 10.7 Å². The van der Waals surface area contributed by atoms with E-state index in [9.17, 15) is 4.79 Å². The Morgan fingerprint density at radius 3 is 2.81 bits per heavy atom. The predicted octanol–water partition coefficient (Wildman–Crippen LogP) is 1.80. The third-order valence-corrected chi connectivity index (χ3v) is 3.86. The first-order valence-electron chi connectivity index (χ1n) is 6.12. The Hall–Kier alpha value is -2.55. The molecule has 3 heterocycles. The molecule has 3 aromatic rings. The maximum Gasteiger partial charge on any atom is 0.322 e. The summed E-state index contributed by atoms with van der Waals surface area (Å²) in [7, 11) is 1.68. The van der Waals surface area contributed by atoms with Crippen LogP contribution in [0.15, 0.2) is 16.7 Å². The van der Waals surface area contributed by atoms with Gasteiger partial charge in [-0.1, -0.05) is 5.10 Å². The van der Waals surface area contributed by atoms with Crippen LogP contribution in [-0.4, -0.2) is 30.9 Å². The lowest BCUT2D eigenvalue weighted by atomic mass is 10.4. The zero-order chi connectivity index (χ0) is 15.0. The molecule has 0 saturated carbocycles. The van der Waals surface area contributed by atoms with Gasteiger partial charge in [-0.15, -0.1) is 16.4 Å². The van der Waals surface area contributed by atoms with Gasteiger partial charge in [0.1, 0.15) is 10.6 Å². The van der Waals surface area contributed by atoms with Gasteiger partial charge in [0.2, 0.25) is 0 Å². The molecule has 1 N–H and O–H groups in total. The lowest BCUT2D eigenvalue weighted by Crippen LogP contribution is -2.16. The number of thiazole rings is 1. The second kappa shape index (κ2) is 5.09. The maximum absolute atomic E-state index is 12.0. The molecule has 1 amide bonds. The van der Waals surface area contributed by atoms with E-state index in [1.807, 2.05) is 13.8 Å². The predicted molar refractivity (Wildman–Crippen MR) is 76.0 cm³/mol. The van der Waals surface area contributed by atoms with Crippen molar-refractivity contribution in [3.8, 4) is 10.8 Å². The van der Waals surface area contributed by atoms with Gasteiger partial charge in [0.25, 0.3) is 11.8 Å². The molecule has 0 aromatic carbocycles. The molecule has 9 heteroatoms. The third-order valence-electron chi connectivity index (χ3n) is 2.80. The van der Waals surface area contributed by atoms with Crippen molar-refractivity contribution in [1.29, 1.82) is 0 Å². The zero-order valence-corrected chi connectivity index (χ0v) is 12.4. The fourth-order valence-corrected chi connectivity index (χ4v) is 2.69. The van der Waals surface area contributed by atoms with E-state index < -0.39 is 0 Å². The van der Waals surface area contributed by atoms with E-state index >= 15 is 0 Å². The van der Waals surface area contributed by atoms with Crippen molar-refractivity contribution in [3.63, 3.8) is 0 Å². The molecule has 3 aromatic heterocycles. The van der Waals surface area contributed by atoms with Crippen molar-refractivity contribution in [2.75, 3.05) is 5.32 Å². The van der Waals surface area contributed by atoms with Crippen molar-refractivity contribution in [1.82, 2.24) is 25.0 Å². The quantitative estimate of drug-likeness (QED) is 0.792. The average Bonchev–Trinajstić information content (AvgIpc) is 3.10. The summed E-state index contributed by atoms with van der Waals surface area (Å²) in [6.07, 6.45) is 1.54. The molecular weight excluding hydrogens is 292 g/mol. The molecule has 3 rings (SSSR count). The number of anilines is 1. The van der Waals surface area contributed by atoms with Gasteiger partial charge >= 0.3 is 6.01 Å². The van der Waals surface area contributed by atoms with E-state index in [1.165, 1.54) is 22.2 Å². The van der Waals surface area contributed by atoms with Crippen LogP contribution in [0.5, 0.6) is 0 Å². The van der Waals surface area contributed by atoms with Crippen molar-refractivity contribution in [2.24, 2.45) is 7.05 Å². The Balaban J connectivity index is 1.81. The van der Waals surface area contributed by atoms with E-state index in [-0.39, 0.29) is 11.9 Å². The van der Waals surface area contributed by atoms with Crippen LogP contribution in [0.2, 0.25) is 0 Å². The summed E-state index contributed by atoms with van der Waals surface area (Å²) >= 11 is 1.47. The number of hydrogen-bond donors (Lipinski definition) is 1. The zero-order valence-electron chi connectivity index (χ0n) is 11.6. The van der Waals surface area contributed by atoms with Crippen LogP contribution < -0.4 is 5.32 Å². The summed E-state index contributed by atoms with van der Waals surface area (Å²) in [5.41, 5.74) is 1.23. The van der Waals surface area contributed by atoms with Gasteiger partial charge in [0.15, 0.2) is 0 Å². The maximum atomic E-state index is 12.0. The molecule has 0 saturated heterocycles. The second-order valence-electron chi connectivity index (χ2n) is 4.35. The standard InChI is InChI=1S/C12H12N6O2S/c1-6-9(21-7(2)14-6)11-16-17-12(20-11)15-10(19)8-4-5-13-18(8)3/h4-5H,1-3H3,(H,15,17,19). The van der Waals surface area contributed by atoms with Crippen LogP contribution >= 0.6 is 11.3 Å². The summed E-state index contributed by atoms with van der Waals surface area (Å²) in [4.78, 5) is 17.1. The minimum atomic E-state index is -0.359. The highest BCUT2D eigenvalue weighted by atomic mass is 32.1. The molecule has 0 spiro atoms. The molecule has 21 heavy (non-hydrogen) atoms. The SMILES string of the molecule is Cc1nc(C)c(-c2nnc(NC(=O)c3ccnn3C)o2)s1. The van der Waals surface area contributed by atoms with Gasteiger partial charge in [-0.3, -0.25) is 14.8 Å². The summed E-state index contributed by atoms with van der Waals surface area (Å²) in [5, 5.41) is 15.1. The van der Waals surface area contributed by atoms with Crippen molar-refractivity contribution in [3.05, 3.63) is 28.7 Å². The molecule has 0 fully saturated rings. The number of amides is 1. The fraction of sp³-hybridized carbons (Fsp3) is 0.250. The Morgan fingerprint density at radius 1 is 1.38 bits per heavy atom. The first kappa shape index (κ1) is 13.4. The Morgan fingerprint density at radius 2 is 2.19 bits per heavy atom. The number of hydrogen-bond acceptors (Lipinski definition) is 7. The average molecular weight is 304 g/mol. The minimum absolute atomic E-state index is 0.0432.